The fourth-order valence-corrected chi connectivity index (χ4v) is 2.98. The van der Waals surface area contributed by atoms with E-state index in [0.717, 1.165) is 18.7 Å². The molecule has 1 heterocycles. The minimum atomic E-state index is 0.629. The number of hydrogen-bond acceptors (Lipinski definition) is 3. The van der Waals surface area contributed by atoms with E-state index in [4.69, 9.17) is 10.6 Å². The van der Waals surface area contributed by atoms with Gasteiger partial charge in [0, 0.05) is 12.5 Å². The largest absolute Gasteiger partial charge is 0.496 e. The third kappa shape index (κ3) is 1.16. The van der Waals surface area contributed by atoms with E-state index in [0.29, 0.717) is 5.92 Å². The molecule has 1 aliphatic heterocycles. The Labute approximate surface area is 89.8 Å². The summed E-state index contributed by atoms with van der Waals surface area (Å²) in [6.45, 7) is 0.968. The van der Waals surface area contributed by atoms with Gasteiger partial charge in [-0.05, 0) is 42.5 Å². The molecule has 2 N–H and O–H groups in total. The van der Waals surface area contributed by atoms with Crippen molar-refractivity contribution in [3.05, 3.63) is 23.3 Å². The number of ether oxygens (including phenoxy) is 1. The van der Waals surface area contributed by atoms with Gasteiger partial charge in [-0.3, -0.25) is 0 Å². The van der Waals surface area contributed by atoms with Gasteiger partial charge in [-0.1, -0.05) is 0 Å². The molecule has 1 aliphatic carbocycles. The zero-order valence-electron chi connectivity index (χ0n) is 8.99. The monoisotopic (exact) mass is 204 g/mol. The van der Waals surface area contributed by atoms with Crippen LogP contribution in [0, 0.1) is 0 Å². The summed E-state index contributed by atoms with van der Waals surface area (Å²) < 4.78 is 5.42. The van der Waals surface area contributed by atoms with Crippen molar-refractivity contribution in [2.75, 3.05) is 18.7 Å². The first kappa shape index (κ1) is 9.04. The van der Waals surface area contributed by atoms with Gasteiger partial charge < -0.3 is 9.75 Å². The normalized spacial score (nSPS) is 22.8. The van der Waals surface area contributed by atoms with E-state index in [1.165, 1.54) is 29.7 Å². The summed E-state index contributed by atoms with van der Waals surface area (Å²) in [6.07, 6.45) is 3.66. The molecule has 15 heavy (non-hydrogen) atoms. The van der Waals surface area contributed by atoms with Crippen molar-refractivity contribution >= 4 is 5.69 Å². The van der Waals surface area contributed by atoms with Gasteiger partial charge in [-0.15, -0.1) is 0 Å². The Morgan fingerprint density at radius 1 is 1.47 bits per heavy atom. The second kappa shape index (κ2) is 3.14. The molecular weight excluding hydrogens is 188 g/mol. The van der Waals surface area contributed by atoms with Crippen LogP contribution in [0.1, 0.15) is 29.9 Å². The Morgan fingerprint density at radius 2 is 2.33 bits per heavy atom. The van der Waals surface area contributed by atoms with Crippen LogP contribution in [0.25, 0.3) is 0 Å². The first-order valence-corrected chi connectivity index (χ1v) is 5.53. The highest BCUT2D eigenvalue weighted by molar-refractivity contribution is 5.66. The zero-order valence-corrected chi connectivity index (χ0v) is 8.99. The maximum atomic E-state index is 5.99. The smallest absolute Gasteiger partial charge is 0.122 e. The Hall–Kier alpha value is -1.22. The van der Waals surface area contributed by atoms with Crippen molar-refractivity contribution in [1.82, 2.24) is 0 Å². The van der Waals surface area contributed by atoms with Crippen LogP contribution in [0.5, 0.6) is 5.75 Å². The van der Waals surface area contributed by atoms with Crippen LogP contribution < -0.4 is 15.6 Å². The fraction of sp³-hybridized carbons (Fsp3) is 0.500. The number of nitrogens with two attached hydrogens (primary N) is 1. The van der Waals surface area contributed by atoms with E-state index in [1.807, 2.05) is 11.1 Å². The molecule has 1 unspecified atom stereocenters. The second-order valence-corrected chi connectivity index (χ2v) is 4.42. The Bertz CT molecular complexity index is 403. The third-order valence-electron chi connectivity index (χ3n) is 3.63. The minimum absolute atomic E-state index is 0.629. The predicted octanol–water partition coefficient (Wildman–Crippen LogP) is 1.81. The van der Waals surface area contributed by atoms with Gasteiger partial charge in [0.25, 0.3) is 0 Å². The summed E-state index contributed by atoms with van der Waals surface area (Å²) in [5, 5.41) is 1.88. The summed E-state index contributed by atoms with van der Waals surface area (Å²) in [6, 6.07) is 4.13. The molecule has 0 radical (unpaired) electrons. The molecule has 0 saturated carbocycles. The second-order valence-electron chi connectivity index (χ2n) is 4.42. The summed E-state index contributed by atoms with van der Waals surface area (Å²) >= 11 is 0. The van der Waals surface area contributed by atoms with Gasteiger partial charge in [0.2, 0.25) is 0 Å². The van der Waals surface area contributed by atoms with Crippen LogP contribution in [0.15, 0.2) is 12.1 Å². The predicted molar refractivity (Wildman–Crippen MR) is 60.2 cm³/mol. The number of anilines is 1. The van der Waals surface area contributed by atoms with Gasteiger partial charge in [0.1, 0.15) is 5.75 Å². The molecule has 1 aromatic rings. The highest BCUT2D eigenvalue weighted by atomic mass is 16.5. The van der Waals surface area contributed by atoms with Gasteiger partial charge >= 0.3 is 0 Å². The van der Waals surface area contributed by atoms with E-state index in [1.54, 1.807) is 7.11 Å². The van der Waals surface area contributed by atoms with E-state index in [2.05, 4.69) is 6.07 Å². The van der Waals surface area contributed by atoms with Crippen LogP contribution in [-0.4, -0.2) is 13.7 Å². The molecule has 3 rings (SSSR count). The van der Waals surface area contributed by atoms with Crippen molar-refractivity contribution in [2.45, 2.75) is 25.2 Å². The minimum Gasteiger partial charge on any atom is -0.496 e. The lowest BCUT2D eigenvalue weighted by atomic mass is 9.83. The van der Waals surface area contributed by atoms with Crippen LogP contribution in [0.2, 0.25) is 0 Å². The molecule has 1 atom stereocenters. The zero-order chi connectivity index (χ0) is 10.4. The Balaban J connectivity index is 2.21. The lowest BCUT2D eigenvalue weighted by Crippen LogP contribution is -2.29. The van der Waals surface area contributed by atoms with E-state index >= 15 is 0 Å². The summed E-state index contributed by atoms with van der Waals surface area (Å²) in [5.41, 5.74) is 4.04. The van der Waals surface area contributed by atoms with Crippen molar-refractivity contribution < 1.29 is 4.74 Å². The average molecular weight is 204 g/mol. The van der Waals surface area contributed by atoms with Crippen LogP contribution in [-0.2, 0) is 6.42 Å². The molecule has 2 aliphatic rings. The fourth-order valence-electron chi connectivity index (χ4n) is 2.98. The average Bonchev–Trinajstić information content (AvgIpc) is 2.58. The first-order valence-electron chi connectivity index (χ1n) is 5.53. The van der Waals surface area contributed by atoms with Gasteiger partial charge in [-0.2, -0.15) is 0 Å². The third-order valence-corrected chi connectivity index (χ3v) is 3.63. The molecule has 3 heteroatoms. The molecule has 0 spiro atoms. The maximum absolute atomic E-state index is 5.99. The van der Waals surface area contributed by atoms with Crippen molar-refractivity contribution in [2.24, 2.45) is 5.84 Å². The number of rotatable bonds is 1. The SMILES string of the molecule is COc1ccc2c3c1CCCC3CN2N. The summed E-state index contributed by atoms with van der Waals surface area (Å²) in [7, 11) is 1.75. The molecule has 1 aromatic carbocycles. The highest BCUT2D eigenvalue weighted by Gasteiger charge is 2.33. The molecular formula is C12H16N2O. The van der Waals surface area contributed by atoms with Gasteiger partial charge in [0.05, 0.1) is 12.8 Å². The molecule has 0 amide bonds. The van der Waals surface area contributed by atoms with Crippen LogP contribution >= 0.6 is 0 Å². The molecule has 3 nitrogen and oxygen atoms in total. The van der Waals surface area contributed by atoms with Crippen molar-refractivity contribution in [3.63, 3.8) is 0 Å². The number of benzene rings is 1. The van der Waals surface area contributed by atoms with E-state index in [-0.39, 0.29) is 0 Å². The number of nitrogens with zero attached hydrogens (tertiary/aromatic N) is 1. The lowest BCUT2D eigenvalue weighted by molar-refractivity contribution is 0.404. The maximum Gasteiger partial charge on any atom is 0.122 e. The van der Waals surface area contributed by atoms with E-state index in [9.17, 15) is 0 Å². The van der Waals surface area contributed by atoms with Gasteiger partial charge in [-0.25, -0.2) is 5.84 Å². The molecule has 0 bridgehead atoms. The van der Waals surface area contributed by atoms with Crippen molar-refractivity contribution in [3.8, 4) is 5.75 Å². The molecule has 80 valence electrons. The quantitative estimate of drug-likeness (QED) is 0.709. The Kier molecular flexibility index (Phi) is 1.89. The highest BCUT2D eigenvalue weighted by Crippen LogP contribution is 2.46. The lowest BCUT2D eigenvalue weighted by Gasteiger charge is -2.22. The number of methoxy groups -OCH3 is 1. The van der Waals surface area contributed by atoms with Crippen LogP contribution in [0.4, 0.5) is 5.69 Å². The number of hydrazine groups is 1. The van der Waals surface area contributed by atoms with Gasteiger partial charge in [0.15, 0.2) is 0 Å². The summed E-state index contributed by atoms with van der Waals surface area (Å²) in [4.78, 5) is 0. The molecule has 0 saturated heterocycles. The molecule has 0 aromatic heterocycles. The first-order chi connectivity index (χ1) is 7.31. The van der Waals surface area contributed by atoms with Crippen LogP contribution in [0.3, 0.4) is 0 Å². The number of hydrogen-bond donors (Lipinski definition) is 1. The standard InChI is InChI=1S/C12H16N2O/c1-15-11-6-5-10-12-8(7-14(10)13)3-2-4-9(11)12/h5-6,8H,2-4,7,13H2,1H3. The Morgan fingerprint density at radius 3 is 3.13 bits per heavy atom. The summed E-state index contributed by atoms with van der Waals surface area (Å²) in [5.74, 6) is 7.66. The topological polar surface area (TPSA) is 38.5 Å². The van der Waals surface area contributed by atoms with E-state index < -0.39 is 0 Å². The molecule has 0 fully saturated rings. The van der Waals surface area contributed by atoms with Crippen molar-refractivity contribution in [1.29, 1.82) is 0 Å².